The predicted octanol–water partition coefficient (Wildman–Crippen LogP) is 2.35. The smallest absolute Gasteiger partial charge is 0.245 e. The van der Waals surface area contributed by atoms with Gasteiger partial charge in [-0.1, -0.05) is 38.1 Å². The highest BCUT2D eigenvalue weighted by Crippen LogP contribution is 2.13. The average molecular weight is 374 g/mol. The van der Waals surface area contributed by atoms with E-state index in [0.29, 0.717) is 38.3 Å². The van der Waals surface area contributed by atoms with Crippen molar-refractivity contribution in [1.29, 1.82) is 0 Å². The maximum absolute atomic E-state index is 12.8. The first-order valence-corrected chi connectivity index (χ1v) is 9.63. The number of carbonyl (C=O) groups is 3. The lowest BCUT2D eigenvalue weighted by molar-refractivity contribution is -0.140. The van der Waals surface area contributed by atoms with Crippen molar-refractivity contribution in [3.8, 4) is 0 Å². The molecule has 0 radical (unpaired) electrons. The maximum Gasteiger partial charge on any atom is 0.245 e. The molecule has 1 atom stereocenters. The molecule has 0 aromatic heterocycles. The van der Waals surface area contributed by atoms with E-state index in [1.165, 1.54) is 0 Å². The Hall–Kier alpha value is -2.21. The van der Waals surface area contributed by atoms with Crippen molar-refractivity contribution in [2.45, 2.75) is 46.1 Å². The molecule has 2 rings (SSSR count). The van der Waals surface area contributed by atoms with Crippen molar-refractivity contribution in [1.82, 2.24) is 10.2 Å². The van der Waals surface area contributed by atoms with E-state index in [1.54, 1.807) is 11.0 Å². The van der Waals surface area contributed by atoms with Crippen molar-refractivity contribution in [2.75, 3.05) is 26.3 Å². The normalized spacial score (nSPS) is 15.5. The van der Waals surface area contributed by atoms with Gasteiger partial charge in [0.2, 0.25) is 11.8 Å². The van der Waals surface area contributed by atoms with Crippen LogP contribution in [0.5, 0.6) is 0 Å². The molecule has 148 valence electrons. The maximum atomic E-state index is 12.8. The molecule has 6 nitrogen and oxygen atoms in total. The molecule has 1 unspecified atom stereocenters. The van der Waals surface area contributed by atoms with Crippen LogP contribution in [-0.2, 0) is 14.3 Å². The molecule has 1 aliphatic heterocycles. The van der Waals surface area contributed by atoms with Crippen LogP contribution in [0.25, 0.3) is 0 Å². The average Bonchev–Trinajstić information content (AvgIpc) is 2.65. The summed E-state index contributed by atoms with van der Waals surface area (Å²) < 4.78 is 5.29. The van der Waals surface area contributed by atoms with Crippen LogP contribution >= 0.6 is 0 Å². The third-order valence-corrected chi connectivity index (χ3v) is 4.69. The van der Waals surface area contributed by atoms with Crippen LogP contribution in [0.4, 0.5) is 0 Å². The molecule has 0 saturated carbocycles. The lowest BCUT2D eigenvalue weighted by Gasteiger charge is -2.31. The lowest BCUT2D eigenvalue weighted by atomic mass is 10.0. The van der Waals surface area contributed by atoms with Crippen molar-refractivity contribution >= 4 is 17.6 Å². The number of morpholine rings is 1. The number of ether oxygens (including phenoxy) is 1. The van der Waals surface area contributed by atoms with Gasteiger partial charge in [0.1, 0.15) is 6.04 Å². The number of ketones is 1. The summed E-state index contributed by atoms with van der Waals surface area (Å²) in [6.45, 7) is 8.08. The monoisotopic (exact) mass is 374 g/mol. The van der Waals surface area contributed by atoms with Gasteiger partial charge in [0, 0.05) is 31.5 Å². The summed E-state index contributed by atoms with van der Waals surface area (Å²) >= 11 is 0. The van der Waals surface area contributed by atoms with Crippen LogP contribution in [0.1, 0.15) is 49.0 Å². The number of amides is 2. The number of aryl methyl sites for hydroxylation is 1. The largest absolute Gasteiger partial charge is 0.378 e. The van der Waals surface area contributed by atoms with E-state index in [9.17, 15) is 14.4 Å². The Morgan fingerprint density at radius 1 is 1.11 bits per heavy atom. The van der Waals surface area contributed by atoms with Crippen molar-refractivity contribution < 1.29 is 19.1 Å². The van der Waals surface area contributed by atoms with E-state index in [-0.39, 0.29) is 36.4 Å². The van der Waals surface area contributed by atoms with Crippen LogP contribution in [0, 0.1) is 12.8 Å². The summed E-state index contributed by atoms with van der Waals surface area (Å²) in [7, 11) is 0. The highest BCUT2D eigenvalue weighted by molar-refractivity contribution is 5.99. The van der Waals surface area contributed by atoms with Gasteiger partial charge in [-0.15, -0.1) is 0 Å². The molecule has 1 saturated heterocycles. The third-order valence-electron chi connectivity index (χ3n) is 4.69. The zero-order valence-corrected chi connectivity index (χ0v) is 16.5. The first kappa shape index (κ1) is 21.1. The molecule has 1 aromatic rings. The van der Waals surface area contributed by atoms with Crippen LogP contribution < -0.4 is 5.32 Å². The summed E-state index contributed by atoms with van der Waals surface area (Å²) in [5.41, 5.74) is 1.55. The molecular weight excluding hydrogens is 344 g/mol. The van der Waals surface area contributed by atoms with Gasteiger partial charge >= 0.3 is 0 Å². The van der Waals surface area contributed by atoms with E-state index in [4.69, 9.17) is 4.74 Å². The van der Waals surface area contributed by atoms with Gasteiger partial charge < -0.3 is 15.0 Å². The number of carbonyl (C=O) groups excluding carboxylic acids is 3. The van der Waals surface area contributed by atoms with Gasteiger partial charge in [-0.05, 0) is 24.8 Å². The summed E-state index contributed by atoms with van der Waals surface area (Å²) in [5.74, 6) is -0.105. The van der Waals surface area contributed by atoms with E-state index < -0.39 is 6.04 Å². The summed E-state index contributed by atoms with van der Waals surface area (Å²) in [4.78, 5) is 39.2. The highest BCUT2D eigenvalue weighted by atomic mass is 16.5. The second kappa shape index (κ2) is 10.2. The number of hydrogen-bond acceptors (Lipinski definition) is 4. The van der Waals surface area contributed by atoms with Crippen molar-refractivity contribution in [3.63, 3.8) is 0 Å². The predicted molar refractivity (Wildman–Crippen MR) is 104 cm³/mol. The van der Waals surface area contributed by atoms with Gasteiger partial charge in [-0.3, -0.25) is 14.4 Å². The number of Topliss-reactive ketones (excluding diaryl/α,β-unsaturated/α-hetero) is 1. The Kier molecular flexibility index (Phi) is 7.98. The number of nitrogens with zero attached hydrogens (tertiary/aromatic N) is 1. The first-order valence-electron chi connectivity index (χ1n) is 9.63. The zero-order valence-electron chi connectivity index (χ0n) is 16.5. The molecule has 1 aromatic carbocycles. The van der Waals surface area contributed by atoms with E-state index in [0.717, 1.165) is 5.56 Å². The number of hydrogen-bond donors (Lipinski definition) is 1. The van der Waals surface area contributed by atoms with Crippen LogP contribution in [0.15, 0.2) is 24.3 Å². The Morgan fingerprint density at radius 2 is 1.78 bits per heavy atom. The van der Waals surface area contributed by atoms with E-state index >= 15 is 0 Å². The number of benzene rings is 1. The van der Waals surface area contributed by atoms with Gasteiger partial charge in [0.25, 0.3) is 0 Å². The minimum Gasteiger partial charge on any atom is -0.378 e. The Labute approximate surface area is 161 Å². The molecular formula is C21H30N2O4. The SMILES string of the molecule is Cc1ccccc1C(=O)CCC(=O)NC(CC(C)C)C(=O)N1CCOCC1. The Balaban J connectivity index is 1.91. The lowest BCUT2D eigenvalue weighted by Crippen LogP contribution is -2.52. The quantitative estimate of drug-likeness (QED) is 0.709. The second-order valence-electron chi connectivity index (χ2n) is 7.43. The zero-order chi connectivity index (χ0) is 19.8. The summed E-state index contributed by atoms with van der Waals surface area (Å²) in [5, 5.41) is 2.84. The molecule has 1 heterocycles. The second-order valence-corrected chi connectivity index (χ2v) is 7.43. The molecule has 1 aliphatic rings. The van der Waals surface area contributed by atoms with Gasteiger partial charge in [-0.2, -0.15) is 0 Å². The third kappa shape index (κ3) is 6.47. The van der Waals surface area contributed by atoms with Crippen molar-refractivity contribution in [2.24, 2.45) is 5.92 Å². The van der Waals surface area contributed by atoms with Crippen LogP contribution in [0.2, 0.25) is 0 Å². The highest BCUT2D eigenvalue weighted by Gasteiger charge is 2.27. The standard InChI is InChI=1S/C21H30N2O4/c1-15(2)14-18(21(26)23-10-12-27-13-11-23)22-20(25)9-8-19(24)17-7-5-4-6-16(17)3/h4-7,15,18H,8-14H2,1-3H3,(H,22,25). The number of rotatable bonds is 8. The summed E-state index contributed by atoms with van der Waals surface area (Å²) in [6.07, 6.45) is 0.794. The van der Waals surface area contributed by atoms with Crippen LogP contribution in [0.3, 0.4) is 0 Å². The fraction of sp³-hybridized carbons (Fsp3) is 0.571. The van der Waals surface area contributed by atoms with Gasteiger partial charge in [-0.25, -0.2) is 0 Å². The van der Waals surface area contributed by atoms with Gasteiger partial charge in [0.05, 0.1) is 13.2 Å². The minimum atomic E-state index is -0.552. The summed E-state index contributed by atoms with van der Waals surface area (Å²) in [6, 6.07) is 6.81. The molecule has 0 bridgehead atoms. The number of nitrogens with one attached hydrogen (secondary N) is 1. The van der Waals surface area contributed by atoms with E-state index in [2.05, 4.69) is 5.32 Å². The molecule has 0 aliphatic carbocycles. The fourth-order valence-electron chi connectivity index (χ4n) is 3.21. The topological polar surface area (TPSA) is 75.7 Å². The van der Waals surface area contributed by atoms with Gasteiger partial charge in [0.15, 0.2) is 5.78 Å². The molecule has 0 spiro atoms. The minimum absolute atomic E-state index is 0.0526. The van der Waals surface area contributed by atoms with Crippen LogP contribution in [-0.4, -0.2) is 54.8 Å². The Morgan fingerprint density at radius 3 is 2.41 bits per heavy atom. The Bertz CT molecular complexity index is 666. The molecule has 1 N–H and O–H groups in total. The molecule has 2 amide bonds. The fourth-order valence-corrected chi connectivity index (χ4v) is 3.21. The molecule has 27 heavy (non-hydrogen) atoms. The van der Waals surface area contributed by atoms with Crippen molar-refractivity contribution in [3.05, 3.63) is 35.4 Å². The molecule has 1 fully saturated rings. The molecule has 6 heteroatoms. The van der Waals surface area contributed by atoms with E-state index in [1.807, 2.05) is 39.0 Å². The first-order chi connectivity index (χ1) is 12.9.